The fourth-order valence-electron chi connectivity index (χ4n) is 2.83. The van der Waals surface area contributed by atoms with E-state index < -0.39 is 0 Å². The summed E-state index contributed by atoms with van der Waals surface area (Å²) in [6.45, 7) is 0.454. The summed E-state index contributed by atoms with van der Waals surface area (Å²) in [7, 11) is 0. The first-order chi connectivity index (χ1) is 10.1. The summed E-state index contributed by atoms with van der Waals surface area (Å²) < 4.78 is 0. The predicted molar refractivity (Wildman–Crippen MR) is 82.6 cm³/mol. The number of nitrogens with zero attached hydrogens (tertiary/aromatic N) is 1. The van der Waals surface area contributed by atoms with Gasteiger partial charge in [-0.3, -0.25) is 10.1 Å². The van der Waals surface area contributed by atoms with Gasteiger partial charge in [-0.15, -0.1) is 0 Å². The van der Waals surface area contributed by atoms with Crippen LogP contribution in [0.2, 0.25) is 5.02 Å². The van der Waals surface area contributed by atoms with Crippen molar-refractivity contribution in [3.05, 3.63) is 74.3 Å². The van der Waals surface area contributed by atoms with Crippen LogP contribution in [0.3, 0.4) is 0 Å². The molecule has 0 aliphatic heterocycles. The molecule has 0 unspecified atom stereocenters. The Morgan fingerprint density at radius 3 is 2.48 bits per heavy atom. The standard InChI is InChI=1S/C16H15ClN2O2/c17-14-5-6-16(19(20)21)13(7-14)10-18-15-8-11-3-1-2-4-12(11)9-15/h1-7,15,18H,8-10H2. The van der Waals surface area contributed by atoms with Crippen molar-refractivity contribution in [2.75, 3.05) is 0 Å². The van der Waals surface area contributed by atoms with E-state index in [1.807, 2.05) is 12.1 Å². The van der Waals surface area contributed by atoms with Gasteiger partial charge in [0.15, 0.2) is 0 Å². The number of nitro benzene ring substituents is 1. The maximum absolute atomic E-state index is 11.0. The predicted octanol–water partition coefficient (Wildman–Crippen LogP) is 3.51. The van der Waals surface area contributed by atoms with Crippen LogP contribution in [0.5, 0.6) is 0 Å². The number of fused-ring (bicyclic) bond motifs is 1. The molecule has 21 heavy (non-hydrogen) atoms. The highest BCUT2D eigenvalue weighted by atomic mass is 35.5. The average Bonchev–Trinajstić information content (AvgIpc) is 2.87. The number of hydrogen-bond acceptors (Lipinski definition) is 3. The van der Waals surface area contributed by atoms with Crippen molar-refractivity contribution in [1.29, 1.82) is 0 Å². The van der Waals surface area contributed by atoms with Crippen LogP contribution >= 0.6 is 11.6 Å². The Kier molecular flexibility index (Phi) is 3.90. The van der Waals surface area contributed by atoms with E-state index in [2.05, 4.69) is 17.4 Å². The van der Waals surface area contributed by atoms with Crippen molar-refractivity contribution >= 4 is 17.3 Å². The quantitative estimate of drug-likeness (QED) is 0.694. The highest BCUT2D eigenvalue weighted by Gasteiger charge is 2.21. The van der Waals surface area contributed by atoms with E-state index in [1.165, 1.54) is 17.2 Å². The number of nitro groups is 1. The third-order valence-electron chi connectivity index (χ3n) is 3.87. The van der Waals surface area contributed by atoms with Gasteiger partial charge in [0.05, 0.1) is 4.92 Å². The Hall–Kier alpha value is -1.91. The molecule has 2 aromatic carbocycles. The van der Waals surface area contributed by atoms with Crippen LogP contribution < -0.4 is 5.32 Å². The van der Waals surface area contributed by atoms with E-state index in [1.54, 1.807) is 12.1 Å². The number of benzene rings is 2. The Labute approximate surface area is 127 Å². The number of halogens is 1. The van der Waals surface area contributed by atoms with Gasteiger partial charge < -0.3 is 5.32 Å². The molecule has 0 saturated heterocycles. The first-order valence-corrected chi connectivity index (χ1v) is 7.24. The molecule has 1 aliphatic rings. The maximum Gasteiger partial charge on any atom is 0.273 e. The van der Waals surface area contributed by atoms with Crippen LogP contribution in [0.1, 0.15) is 16.7 Å². The largest absolute Gasteiger partial charge is 0.309 e. The molecular weight excluding hydrogens is 288 g/mol. The van der Waals surface area contributed by atoms with Crippen molar-refractivity contribution in [3.63, 3.8) is 0 Å². The Morgan fingerprint density at radius 1 is 1.19 bits per heavy atom. The third-order valence-corrected chi connectivity index (χ3v) is 4.11. The zero-order valence-corrected chi connectivity index (χ0v) is 12.1. The minimum atomic E-state index is -0.364. The molecular formula is C16H15ClN2O2. The Bertz CT molecular complexity index is 663. The summed E-state index contributed by atoms with van der Waals surface area (Å²) in [6, 6.07) is 13.4. The van der Waals surface area contributed by atoms with Crippen molar-refractivity contribution in [3.8, 4) is 0 Å². The lowest BCUT2D eigenvalue weighted by Crippen LogP contribution is -2.29. The van der Waals surface area contributed by atoms with Crippen LogP contribution in [0, 0.1) is 10.1 Å². The van der Waals surface area contributed by atoms with Gasteiger partial charge in [-0.25, -0.2) is 0 Å². The molecule has 108 valence electrons. The second kappa shape index (κ2) is 5.84. The molecule has 3 rings (SSSR count). The van der Waals surface area contributed by atoms with E-state index in [0.717, 1.165) is 12.8 Å². The first kappa shape index (κ1) is 14.0. The van der Waals surface area contributed by atoms with Gasteiger partial charge in [0.25, 0.3) is 5.69 Å². The molecule has 0 saturated carbocycles. The van der Waals surface area contributed by atoms with Gasteiger partial charge in [-0.2, -0.15) is 0 Å². The molecule has 0 radical (unpaired) electrons. The molecule has 0 amide bonds. The van der Waals surface area contributed by atoms with Crippen LogP contribution in [0.25, 0.3) is 0 Å². The second-order valence-corrected chi connectivity index (χ2v) is 5.72. The minimum Gasteiger partial charge on any atom is -0.309 e. The molecule has 1 aliphatic carbocycles. The first-order valence-electron chi connectivity index (χ1n) is 6.86. The van der Waals surface area contributed by atoms with Crippen molar-refractivity contribution < 1.29 is 4.92 Å². The van der Waals surface area contributed by atoms with Gasteiger partial charge in [0.1, 0.15) is 0 Å². The van der Waals surface area contributed by atoms with E-state index in [-0.39, 0.29) is 10.6 Å². The number of rotatable bonds is 4. The van der Waals surface area contributed by atoms with Crippen LogP contribution in [-0.2, 0) is 19.4 Å². The molecule has 5 heteroatoms. The maximum atomic E-state index is 11.0. The SMILES string of the molecule is O=[N+]([O-])c1ccc(Cl)cc1CNC1Cc2ccccc2C1. The summed E-state index contributed by atoms with van der Waals surface area (Å²) >= 11 is 5.94. The van der Waals surface area contributed by atoms with E-state index >= 15 is 0 Å². The fourth-order valence-corrected chi connectivity index (χ4v) is 3.03. The average molecular weight is 303 g/mol. The smallest absolute Gasteiger partial charge is 0.273 e. The summed E-state index contributed by atoms with van der Waals surface area (Å²) in [6.07, 6.45) is 1.93. The van der Waals surface area contributed by atoms with E-state index in [0.29, 0.717) is 23.2 Å². The second-order valence-electron chi connectivity index (χ2n) is 5.28. The molecule has 2 aromatic rings. The lowest BCUT2D eigenvalue weighted by atomic mass is 10.1. The summed E-state index contributed by atoms with van der Waals surface area (Å²) in [5.41, 5.74) is 3.46. The lowest BCUT2D eigenvalue weighted by Gasteiger charge is -2.12. The molecule has 0 bridgehead atoms. The van der Waals surface area contributed by atoms with Crippen LogP contribution in [0.4, 0.5) is 5.69 Å². The minimum absolute atomic E-state index is 0.113. The summed E-state index contributed by atoms with van der Waals surface area (Å²) in [4.78, 5) is 10.7. The van der Waals surface area contributed by atoms with E-state index in [4.69, 9.17) is 11.6 Å². The highest BCUT2D eigenvalue weighted by Crippen LogP contribution is 2.25. The number of hydrogen-bond donors (Lipinski definition) is 1. The third kappa shape index (κ3) is 3.06. The summed E-state index contributed by atoms with van der Waals surface area (Å²) in [5, 5.41) is 15.0. The topological polar surface area (TPSA) is 55.2 Å². The summed E-state index contributed by atoms with van der Waals surface area (Å²) in [5.74, 6) is 0. The lowest BCUT2D eigenvalue weighted by molar-refractivity contribution is -0.385. The molecule has 0 atom stereocenters. The Balaban J connectivity index is 1.69. The van der Waals surface area contributed by atoms with Crippen molar-refractivity contribution in [1.82, 2.24) is 5.32 Å². The highest BCUT2D eigenvalue weighted by molar-refractivity contribution is 6.30. The monoisotopic (exact) mass is 302 g/mol. The molecule has 0 heterocycles. The zero-order chi connectivity index (χ0) is 14.8. The molecule has 1 N–H and O–H groups in total. The fraction of sp³-hybridized carbons (Fsp3) is 0.250. The van der Waals surface area contributed by atoms with Gasteiger partial charge >= 0.3 is 0 Å². The normalized spacial score (nSPS) is 14.1. The molecule has 4 nitrogen and oxygen atoms in total. The zero-order valence-electron chi connectivity index (χ0n) is 11.4. The molecule has 0 spiro atoms. The van der Waals surface area contributed by atoms with Gasteiger partial charge in [0.2, 0.25) is 0 Å². The van der Waals surface area contributed by atoms with Gasteiger partial charge in [-0.05, 0) is 36.1 Å². The molecule has 0 fully saturated rings. The number of nitrogens with one attached hydrogen (secondary N) is 1. The van der Waals surface area contributed by atoms with Crippen molar-refractivity contribution in [2.24, 2.45) is 0 Å². The van der Waals surface area contributed by atoms with E-state index in [9.17, 15) is 10.1 Å². The Morgan fingerprint density at radius 2 is 1.86 bits per heavy atom. The van der Waals surface area contributed by atoms with Crippen molar-refractivity contribution in [2.45, 2.75) is 25.4 Å². The van der Waals surface area contributed by atoms with Gasteiger partial charge in [-0.1, -0.05) is 35.9 Å². The van der Waals surface area contributed by atoms with Gasteiger partial charge in [0, 0.05) is 29.2 Å². The van der Waals surface area contributed by atoms with Crippen LogP contribution in [-0.4, -0.2) is 11.0 Å². The molecule has 0 aromatic heterocycles. The van der Waals surface area contributed by atoms with Crippen LogP contribution in [0.15, 0.2) is 42.5 Å².